The van der Waals surface area contributed by atoms with E-state index < -0.39 is 8.32 Å². The van der Waals surface area contributed by atoms with Gasteiger partial charge in [-0.25, -0.2) is 4.98 Å². The molecule has 0 aliphatic carbocycles. The molecule has 5 heteroatoms. The molecule has 0 saturated heterocycles. The number of hydrogen-bond acceptors (Lipinski definition) is 2. The fraction of sp³-hybridized carbons (Fsp3) is 0.583. The summed E-state index contributed by atoms with van der Waals surface area (Å²) < 4.78 is 6.07. The Morgan fingerprint density at radius 3 is 2.35 bits per heavy atom. The fourth-order valence-corrected chi connectivity index (χ4v) is 2.39. The van der Waals surface area contributed by atoms with Crippen LogP contribution in [0.15, 0.2) is 12.3 Å². The zero-order valence-electron chi connectivity index (χ0n) is 11.0. The van der Waals surface area contributed by atoms with Gasteiger partial charge in [-0.3, -0.25) is 0 Å². The van der Waals surface area contributed by atoms with Crippen LogP contribution in [0.1, 0.15) is 26.3 Å². The number of halogens is 2. The minimum Gasteiger partial charge on any atom is -0.412 e. The minimum absolute atomic E-state index is 0.194. The van der Waals surface area contributed by atoms with Gasteiger partial charge in [0.2, 0.25) is 0 Å². The van der Waals surface area contributed by atoms with Crippen molar-refractivity contribution in [2.24, 2.45) is 0 Å². The molecule has 0 aliphatic heterocycles. The highest BCUT2D eigenvalue weighted by atomic mass is 35.5. The maximum atomic E-state index is 6.08. The van der Waals surface area contributed by atoms with Crippen molar-refractivity contribution in [3.05, 3.63) is 28.0 Å². The van der Waals surface area contributed by atoms with Crippen LogP contribution in [0.4, 0.5) is 0 Å². The van der Waals surface area contributed by atoms with E-state index in [9.17, 15) is 0 Å². The van der Waals surface area contributed by atoms with E-state index >= 15 is 0 Å². The van der Waals surface area contributed by atoms with E-state index in [1.165, 1.54) is 0 Å². The summed E-state index contributed by atoms with van der Waals surface area (Å²) in [5.74, 6) is 0. The lowest BCUT2D eigenvalue weighted by Crippen LogP contribution is -2.40. The molecule has 0 N–H and O–H groups in total. The minimum atomic E-state index is -1.74. The molecular formula is C12H19Cl2NOSi. The normalized spacial score (nSPS) is 12.9. The van der Waals surface area contributed by atoms with Gasteiger partial charge in [-0.05, 0) is 24.2 Å². The second-order valence-electron chi connectivity index (χ2n) is 5.65. The molecule has 0 atom stereocenters. The van der Waals surface area contributed by atoms with Crippen LogP contribution in [0.25, 0.3) is 0 Å². The molecular weight excluding hydrogens is 273 g/mol. The van der Waals surface area contributed by atoms with Gasteiger partial charge in [-0.2, -0.15) is 0 Å². The van der Waals surface area contributed by atoms with Crippen molar-refractivity contribution in [1.29, 1.82) is 0 Å². The van der Waals surface area contributed by atoms with Crippen molar-refractivity contribution in [3.63, 3.8) is 0 Å². The second kappa shape index (κ2) is 5.27. The summed E-state index contributed by atoms with van der Waals surface area (Å²) in [6.07, 6.45) is 1.68. The third-order valence-electron chi connectivity index (χ3n) is 3.29. The molecule has 0 radical (unpaired) electrons. The quantitative estimate of drug-likeness (QED) is 0.583. The Hall–Kier alpha value is -0.0931. The molecule has 96 valence electrons. The van der Waals surface area contributed by atoms with Gasteiger partial charge in [0.15, 0.2) is 8.32 Å². The van der Waals surface area contributed by atoms with Gasteiger partial charge in [-0.1, -0.05) is 44.0 Å². The van der Waals surface area contributed by atoms with E-state index in [4.69, 9.17) is 27.6 Å². The van der Waals surface area contributed by atoms with Gasteiger partial charge in [0.05, 0.1) is 11.6 Å². The highest BCUT2D eigenvalue weighted by Crippen LogP contribution is 2.37. The van der Waals surface area contributed by atoms with Crippen molar-refractivity contribution in [1.82, 2.24) is 4.98 Å². The molecule has 1 aromatic rings. The van der Waals surface area contributed by atoms with Crippen molar-refractivity contribution in [2.75, 3.05) is 0 Å². The van der Waals surface area contributed by atoms with Crippen LogP contribution in [0.3, 0.4) is 0 Å². The monoisotopic (exact) mass is 291 g/mol. The topological polar surface area (TPSA) is 22.1 Å². The van der Waals surface area contributed by atoms with Gasteiger partial charge < -0.3 is 4.43 Å². The molecule has 1 heterocycles. The Bertz CT molecular complexity index is 402. The third kappa shape index (κ3) is 3.95. The van der Waals surface area contributed by atoms with Crippen LogP contribution in [0.2, 0.25) is 28.3 Å². The molecule has 17 heavy (non-hydrogen) atoms. The van der Waals surface area contributed by atoms with Crippen LogP contribution < -0.4 is 0 Å². The lowest BCUT2D eigenvalue weighted by atomic mass is 10.2. The molecule has 0 bridgehead atoms. The molecule has 0 aromatic carbocycles. The van der Waals surface area contributed by atoms with Crippen LogP contribution in [-0.2, 0) is 11.0 Å². The Labute approximate surface area is 114 Å². The summed E-state index contributed by atoms with van der Waals surface area (Å²) in [5, 5.41) is 1.22. The Kier molecular flexibility index (Phi) is 4.64. The Morgan fingerprint density at radius 1 is 1.29 bits per heavy atom. The van der Waals surface area contributed by atoms with Crippen LogP contribution in [0, 0.1) is 0 Å². The second-order valence-corrected chi connectivity index (χ2v) is 11.3. The molecule has 0 aliphatic rings. The lowest BCUT2D eigenvalue weighted by Gasteiger charge is -2.36. The van der Waals surface area contributed by atoms with Gasteiger partial charge in [0, 0.05) is 11.8 Å². The first-order chi connectivity index (χ1) is 7.63. The summed E-state index contributed by atoms with van der Waals surface area (Å²) >= 11 is 11.8. The molecule has 1 aromatic heterocycles. The van der Waals surface area contributed by atoms with E-state index in [0.29, 0.717) is 16.8 Å². The predicted octanol–water partition coefficient (Wildman–Crippen LogP) is 4.91. The van der Waals surface area contributed by atoms with Crippen molar-refractivity contribution in [3.8, 4) is 0 Å². The summed E-state index contributed by atoms with van der Waals surface area (Å²) in [6, 6.07) is 1.65. The first-order valence-electron chi connectivity index (χ1n) is 5.57. The van der Waals surface area contributed by atoms with Crippen molar-refractivity contribution >= 4 is 31.5 Å². The smallest absolute Gasteiger partial charge is 0.192 e. The SMILES string of the molecule is CC(C)(C)[Si](C)(C)OCc1cnc(Cl)cc1Cl. The summed E-state index contributed by atoms with van der Waals surface area (Å²) in [6.45, 7) is 11.6. The summed E-state index contributed by atoms with van der Waals surface area (Å²) in [7, 11) is -1.74. The van der Waals surface area contributed by atoms with Crippen LogP contribution >= 0.6 is 23.2 Å². The standard InChI is InChI=1S/C12H19Cl2NOSi/c1-12(2,3)17(4,5)16-8-9-7-15-11(14)6-10(9)13/h6-7H,8H2,1-5H3. The average Bonchev–Trinajstić information content (AvgIpc) is 2.14. The highest BCUT2D eigenvalue weighted by Gasteiger charge is 2.37. The Balaban J connectivity index is 2.74. The van der Waals surface area contributed by atoms with Gasteiger partial charge >= 0.3 is 0 Å². The first-order valence-corrected chi connectivity index (χ1v) is 9.24. The van der Waals surface area contributed by atoms with Gasteiger partial charge in [0.1, 0.15) is 5.15 Å². The lowest BCUT2D eigenvalue weighted by molar-refractivity contribution is 0.276. The number of pyridine rings is 1. The Morgan fingerprint density at radius 2 is 1.88 bits per heavy atom. The number of aromatic nitrogens is 1. The molecule has 0 fully saturated rings. The predicted molar refractivity (Wildman–Crippen MR) is 76.2 cm³/mol. The number of nitrogens with zero attached hydrogens (tertiary/aromatic N) is 1. The molecule has 2 nitrogen and oxygen atoms in total. The molecule has 0 saturated carbocycles. The summed E-state index contributed by atoms with van der Waals surface area (Å²) in [4.78, 5) is 4.02. The first kappa shape index (κ1) is 15.0. The van der Waals surface area contributed by atoms with Crippen LogP contribution in [-0.4, -0.2) is 13.3 Å². The van der Waals surface area contributed by atoms with Crippen LogP contribution in [0.5, 0.6) is 0 Å². The largest absolute Gasteiger partial charge is 0.412 e. The molecule has 0 unspecified atom stereocenters. The van der Waals surface area contributed by atoms with E-state index in [2.05, 4.69) is 38.8 Å². The van der Waals surface area contributed by atoms with Crippen molar-refractivity contribution < 1.29 is 4.43 Å². The van der Waals surface area contributed by atoms with E-state index in [1.54, 1.807) is 12.3 Å². The zero-order chi connectivity index (χ0) is 13.3. The average molecular weight is 292 g/mol. The van der Waals surface area contributed by atoms with Gasteiger partial charge in [-0.15, -0.1) is 0 Å². The maximum Gasteiger partial charge on any atom is 0.192 e. The summed E-state index contributed by atoms with van der Waals surface area (Å²) in [5.41, 5.74) is 0.890. The van der Waals surface area contributed by atoms with Gasteiger partial charge in [0.25, 0.3) is 0 Å². The third-order valence-corrected chi connectivity index (χ3v) is 8.33. The maximum absolute atomic E-state index is 6.08. The van der Waals surface area contributed by atoms with E-state index in [-0.39, 0.29) is 5.04 Å². The number of rotatable bonds is 3. The van der Waals surface area contributed by atoms with E-state index in [1.807, 2.05) is 0 Å². The highest BCUT2D eigenvalue weighted by molar-refractivity contribution is 6.74. The zero-order valence-corrected chi connectivity index (χ0v) is 13.5. The molecule has 0 spiro atoms. The van der Waals surface area contributed by atoms with E-state index in [0.717, 1.165) is 5.56 Å². The molecule has 1 rings (SSSR count). The molecule has 0 amide bonds. The van der Waals surface area contributed by atoms with Crippen molar-refractivity contribution in [2.45, 2.75) is 45.5 Å². The number of hydrogen-bond donors (Lipinski definition) is 0. The fourth-order valence-electron chi connectivity index (χ4n) is 1.02.